The van der Waals surface area contributed by atoms with Crippen LogP contribution in [0.15, 0.2) is 30.5 Å². The molecular weight excluding hydrogens is 273 g/mol. The lowest BCUT2D eigenvalue weighted by atomic mass is 10.1. The maximum absolute atomic E-state index is 12.6. The lowest BCUT2D eigenvalue weighted by Gasteiger charge is -2.10. The Labute approximate surface area is 113 Å². The van der Waals surface area contributed by atoms with Gasteiger partial charge in [0.25, 0.3) is 0 Å². The maximum atomic E-state index is 12.6. The number of alkyl halides is 3. The lowest BCUT2D eigenvalue weighted by Crippen LogP contribution is -2.06. The Balaban J connectivity index is 2.46. The summed E-state index contributed by atoms with van der Waals surface area (Å²) < 4.78 is 48.1. The summed E-state index contributed by atoms with van der Waals surface area (Å²) in [5.74, 6) is 0.889. The average Bonchev–Trinajstić information content (AvgIpc) is 2.45. The van der Waals surface area contributed by atoms with Gasteiger partial charge in [-0.25, -0.2) is 0 Å². The van der Waals surface area contributed by atoms with Crippen molar-refractivity contribution in [2.24, 2.45) is 0 Å². The summed E-state index contributed by atoms with van der Waals surface area (Å²) in [5.41, 5.74) is -0.278. The van der Waals surface area contributed by atoms with E-state index in [-0.39, 0.29) is 5.69 Å². The van der Waals surface area contributed by atoms with E-state index in [1.807, 2.05) is 0 Å². The Morgan fingerprint density at radius 1 is 1.00 bits per heavy atom. The minimum atomic E-state index is -4.46. The Bertz CT molecular complexity index is 615. The molecule has 0 fully saturated rings. The normalized spacial score (nSPS) is 11.2. The molecule has 0 aliphatic carbocycles. The van der Waals surface area contributed by atoms with Gasteiger partial charge in [-0.1, -0.05) is 0 Å². The summed E-state index contributed by atoms with van der Waals surface area (Å²) in [6, 6.07) is 5.67. The lowest BCUT2D eigenvalue weighted by molar-refractivity contribution is -0.137. The summed E-state index contributed by atoms with van der Waals surface area (Å²) in [4.78, 5) is 0. The van der Waals surface area contributed by atoms with Gasteiger partial charge >= 0.3 is 6.18 Å². The van der Waals surface area contributed by atoms with Gasteiger partial charge in [-0.2, -0.15) is 23.4 Å². The average molecular weight is 284 g/mol. The predicted molar refractivity (Wildman–Crippen MR) is 65.6 cm³/mol. The van der Waals surface area contributed by atoms with Crippen LogP contribution in [-0.2, 0) is 6.18 Å². The third-order valence-corrected chi connectivity index (χ3v) is 2.66. The highest BCUT2D eigenvalue weighted by Gasteiger charge is 2.31. The number of benzene rings is 1. The van der Waals surface area contributed by atoms with Gasteiger partial charge in [0, 0.05) is 5.56 Å². The van der Waals surface area contributed by atoms with Crippen LogP contribution in [0, 0.1) is 0 Å². The second-order valence-corrected chi connectivity index (χ2v) is 3.90. The number of methoxy groups -OCH3 is 2. The van der Waals surface area contributed by atoms with Crippen molar-refractivity contribution >= 4 is 0 Å². The monoisotopic (exact) mass is 284 g/mol. The molecule has 2 rings (SSSR count). The molecule has 4 nitrogen and oxygen atoms in total. The Morgan fingerprint density at radius 3 is 2.30 bits per heavy atom. The van der Waals surface area contributed by atoms with Crippen molar-refractivity contribution < 1.29 is 22.6 Å². The first-order valence-corrected chi connectivity index (χ1v) is 5.58. The predicted octanol–water partition coefficient (Wildman–Crippen LogP) is 3.18. The van der Waals surface area contributed by atoms with Gasteiger partial charge in [-0.3, -0.25) is 0 Å². The summed E-state index contributed by atoms with van der Waals surface area (Å²) in [7, 11) is 2.92. The summed E-state index contributed by atoms with van der Waals surface area (Å²) in [6.45, 7) is 0. The first kappa shape index (κ1) is 14.1. The van der Waals surface area contributed by atoms with Crippen molar-refractivity contribution in [2.45, 2.75) is 6.18 Å². The fourth-order valence-electron chi connectivity index (χ4n) is 1.66. The van der Waals surface area contributed by atoms with Crippen LogP contribution in [0.3, 0.4) is 0 Å². The molecule has 0 spiro atoms. The topological polar surface area (TPSA) is 44.2 Å². The molecule has 106 valence electrons. The van der Waals surface area contributed by atoms with Crippen LogP contribution in [-0.4, -0.2) is 24.4 Å². The van der Waals surface area contributed by atoms with E-state index in [4.69, 9.17) is 9.47 Å². The van der Waals surface area contributed by atoms with Crippen LogP contribution in [0.25, 0.3) is 11.3 Å². The highest BCUT2D eigenvalue weighted by molar-refractivity contribution is 5.64. The number of ether oxygens (including phenoxy) is 2. The number of halogens is 3. The molecule has 0 N–H and O–H groups in total. The van der Waals surface area contributed by atoms with Gasteiger partial charge in [-0.15, -0.1) is 0 Å². The summed E-state index contributed by atoms with van der Waals surface area (Å²) in [6.07, 6.45) is -3.77. The van der Waals surface area contributed by atoms with E-state index in [0.29, 0.717) is 23.3 Å². The largest absolute Gasteiger partial charge is 0.493 e. The molecule has 0 saturated carbocycles. The number of aromatic nitrogens is 2. The van der Waals surface area contributed by atoms with E-state index in [1.54, 1.807) is 18.2 Å². The quantitative estimate of drug-likeness (QED) is 0.868. The third kappa shape index (κ3) is 2.81. The van der Waals surface area contributed by atoms with Gasteiger partial charge in [0.05, 0.1) is 31.7 Å². The number of hydrogen-bond donors (Lipinski definition) is 0. The van der Waals surface area contributed by atoms with Crippen LogP contribution >= 0.6 is 0 Å². The van der Waals surface area contributed by atoms with Gasteiger partial charge < -0.3 is 9.47 Å². The van der Waals surface area contributed by atoms with Crippen LogP contribution < -0.4 is 9.47 Å². The van der Waals surface area contributed by atoms with Crippen molar-refractivity contribution in [1.82, 2.24) is 10.2 Å². The zero-order valence-corrected chi connectivity index (χ0v) is 10.7. The molecule has 1 aromatic heterocycles. The maximum Gasteiger partial charge on any atom is 0.418 e. The minimum absolute atomic E-state index is 0.112. The molecule has 0 unspecified atom stereocenters. The van der Waals surface area contributed by atoms with E-state index in [2.05, 4.69) is 10.2 Å². The van der Waals surface area contributed by atoms with E-state index in [9.17, 15) is 13.2 Å². The number of nitrogens with zero attached hydrogens (tertiary/aromatic N) is 2. The summed E-state index contributed by atoms with van der Waals surface area (Å²) in [5, 5.41) is 7.09. The molecule has 0 amide bonds. The fourth-order valence-corrected chi connectivity index (χ4v) is 1.66. The molecule has 20 heavy (non-hydrogen) atoms. The molecule has 0 bridgehead atoms. The minimum Gasteiger partial charge on any atom is -0.493 e. The second kappa shape index (κ2) is 5.36. The number of rotatable bonds is 3. The van der Waals surface area contributed by atoms with Crippen LogP contribution in [0.2, 0.25) is 0 Å². The molecule has 0 aliphatic heterocycles. The van der Waals surface area contributed by atoms with Gasteiger partial charge in [0.2, 0.25) is 0 Å². The first-order valence-electron chi connectivity index (χ1n) is 5.58. The SMILES string of the molecule is COc1ccc(-c2cc(C(F)(F)F)cnn2)cc1OC. The van der Waals surface area contributed by atoms with Crippen molar-refractivity contribution in [3.63, 3.8) is 0 Å². The highest BCUT2D eigenvalue weighted by Crippen LogP contribution is 2.34. The molecule has 0 aliphatic rings. The van der Waals surface area contributed by atoms with Crippen LogP contribution in [0.1, 0.15) is 5.56 Å². The molecule has 2 aromatic rings. The van der Waals surface area contributed by atoms with E-state index in [1.165, 1.54) is 14.2 Å². The molecule has 1 aromatic carbocycles. The molecule has 7 heteroatoms. The van der Waals surface area contributed by atoms with E-state index >= 15 is 0 Å². The smallest absolute Gasteiger partial charge is 0.418 e. The Hall–Kier alpha value is -2.31. The van der Waals surface area contributed by atoms with E-state index < -0.39 is 11.7 Å². The van der Waals surface area contributed by atoms with Crippen molar-refractivity contribution in [3.05, 3.63) is 36.0 Å². The highest BCUT2D eigenvalue weighted by atomic mass is 19.4. The standard InChI is InChI=1S/C13H11F3N2O2/c1-19-11-4-3-8(5-12(11)20-2)10-6-9(7-17-18-10)13(14,15)16/h3-7H,1-2H3. The Kier molecular flexibility index (Phi) is 3.78. The third-order valence-electron chi connectivity index (χ3n) is 2.66. The molecule has 0 saturated heterocycles. The zero-order valence-electron chi connectivity index (χ0n) is 10.7. The number of hydrogen-bond acceptors (Lipinski definition) is 4. The molecule has 0 atom stereocenters. The second-order valence-electron chi connectivity index (χ2n) is 3.90. The van der Waals surface area contributed by atoms with Crippen molar-refractivity contribution in [3.8, 4) is 22.8 Å². The van der Waals surface area contributed by atoms with E-state index in [0.717, 1.165) is 6.07 Å². The fraction of sp³-hybridized carbons (Fsp3) is 0.231. The van der Waals surface area contributed by atoms with Gasteiger partial charge in [-0.05, 0) is 24.3 Å². The van der Waals surface area contributed by atoms with Gasteiger partial charge in [0.1, 0.15) is 0 Å². The zero-order chi connectivity index (χ0) is 14.8. The van der Waals surface area contributed by atoms with Crippen molar-refractivity contribution in [1.29, 1.82) is 0 Å². The van der Waals surface area contributed by atoms with Crippen molar-refractivity contribution in [2.75, 3.05) is 14.2 Å². The molecular formula is C13H11F3N2O2. The molecule has 0 radical (unpaired) electrons. The van der Waals surface area contributed by atoms with Crippen LogP contribution in [0.4, 0.5) is 13.2 Å². The van der Waals surface area contributed by atoms with Crippen LogP contribution in [0.5, 0.6) is 11.5 Å². The summed E-state index contributed by atoms with van der Waals surface area (Å²) >= 11 is 0. The molecule has 1 heterocycles. The Morgan fingerprint density at radius 2 is 1.70 bits per heavy atom. The first-order chi connectivity index (χ1) is 9.45. The van der Waals surface area contributed by atoms with Gasteiger partial charge in [0.15, 0.2) is 11.5 Å².